The zero-order valence-corrected chi connectivity index (χ0v) is 17.3. The van der Waals surface area contributed by atoms with Crippen LogP contribution >= 0.6 is 0 Å². The smallest absolute Gasteiger partial charge is 0.335 e. The molecule has 0 aliphatic carbocycles. The van der Waals surface area contributed by atoms with E-state index in [0.29, 0.717) is 17.9 Å². The summed E-state index contributed by atoms with van der Waals surface area (Å²) >= 11 is 0. The highest BCUT2D eigenvalue weighted by atomic mass is 16.4. The van der Waals surface area contributed by atoms with Crippen LogP contribution in [0.2, 0.25) is 0 Å². The Morgan fingerprint density at radius 2 is 1.41 bits per heavy atom. The van der Waals surface area contributed by atoms with Crippen LogP contribution in [-0.2, 0) is 6.54 Å². The normalized spacial score (nSPS) is 11.1. The predicted octanol–water partition coefficient (Wildman–Crippen LogP) is 4.86. The molecular formula is C27H22N3O2+. The standard InChI is InChI=1S/C27H21N3O2/c28-20-10-12-22-23-13-11-21(29)15-25(23)30(16-17-6-8-19(9-7-17)27(31)32)26(24(22)14-20)18-4-2-1-3-5-18/h1-15,29H,16,28H2,(H,31,32)/p+1. The molecule has 0 aliphatic heterocycles. The number of nitrogen functional groups attached to an aromatic ring is 2. The summed E-state index contributed by atoms with van der Waals surface area (Å²) in [6.07, 6.45) is 0. The number of nitrogens with two attached hydrogens (primary N) is 2. The van der Waals surface area contributed by atoms with Crippen molar-refractivity contribution in [2.45, 2.75) is 6.54 Å². The van der Waals surface area contributed by atoms with Crippen LogP contribution in [0.25, 0.3) is 32.9 Å². The molecule has 0 radical (unpaired) electrons. The van der Waals surface area contributed by atoms with Gasteiger partial charge in [0, 0.05) is 34.0 Å². The number of nitrogens with zero attached hydrogens (tertiary/aromatic N) is 1. The topological polar surface area (TPSA) is 93.2 Å². The van der Waals surface area contributed by atoms with Crippen molar-refractivity contribution in [3.63, 3.8) is 0 Å². The van der Waals surface area contributed by atoms with Crippen LogP contribution in [-0.4, -0.2) is 11.1 Å². The van der Waals surface area contributed by atoms with Gasteiger partial charge in [-0.3, -0.25) is 0 Å². The molecule has 5 nitrogen and oxygen atoms in total. The average molecular weight is 420 g/mol. The van der Waals surface area contributed by atoms with Crippen LogP contribution < -0.4 is 16.0 Å². The second-order valence-corrected chi connectivity index (χ2v) is 7.88. The molecule has 32 heavy (non-hydrogen) atoms. The number of aromatic nitrogens is 1. The summed E-state index contributed by atoms with van der Waals surface area (Å²) in [7, 11) is 0. The number of benzene rings is 4. The summed E-state index contributed by atoms with van der Waals surface area (Å²) in [6.45, 7) is 0.550. The van der Waals surface area contributed by atoms with Crippen LogP contribution in [0, 0.1) is 0 Å². The number of fused-ring (bicyclic) bond motifs is 3. The summed E-state index contributed by atoms with van der Waals surface area (Å²) < 4.78 is 2.23. The maximum Gasteiger partial charge on any atom is 0.335 e. The molecule has 156 valence electrons. The minimum absolute atomic E-state index is 0.266. The number of hydrogen-bond donors (Lipinski definition) is 3. The quantitative estimate of drug-likeness (QED) is 0.220. The fourth-order valence-corrected chi connectivity index (χ4v) is 4.27. The first-order valence-electron chi connectivity index (χ1n) is 10.3. The first-order chi connectivity index (χ1) is 15.5. The lowest BCUT2D eigenvalue weighted by molar-refractivity contribution is -0.650. The highest BCUT2D eigenvalue weighted by molar-refractivity contribution is 6.10. The summed E-state index contributed by atoms with van der Waals surface area (Å²) in [6, 6.07) is 29.1. The van der Waals surface area contributed by atoms with Crippen molar-refractivity contribution >= 4 is 39.0 Å². The third kappa shape index (κ3) is 3.40. The Kier molecular flexibility index (Phi) is 4.71. The average Bonchev–Trinajstić information content (AvgIpc) is 2.80. The Labute approximate surface area is 185 Å². The van der Waals surface area contributed by atoms with Gasteiger partial charge in [0.15, 0.2) is 6.54 Å². The second kappa shape index (κ2) is 7.71. The van der Waals surface area contributed by atoms with Crippen molar-refractivity contribution in [1.82, 2.24) is 0 Å². The minimum atomic E-state index is -0.936. The van der Waals surface area contributed by atoms with E-state index in [4.69, 9.17) is 11.5 Å². The maximum absolute atomic E-state index is 11.3. The highest BCUT2D eigenvalue weighted by Gasteiger charge is 2.24. The molecule has 4 aromatic carbocycles. The van der Waals surface area contributed by atoms with Gasteiger partial charge in [0.1, 0.15) is 0 Å². The monoisotopic (exact) mass is 420 g/mol. The van der Waals surface area contributed by atoms with Gasteiger partial charge in [0.2, 0.25) is 11.2 Å². The molecule has 5 heteroatoms. The Morgan fingerprint density at radius 3 is 2.09 bits per heavy atom. The van der Waals surface area contributed by atoms with Crippen LogP contribution in [0.4, 0.5) is 11.4 Å². The second-order valence-electron chi connectivity index (χ2n) is 7.88. The fraction of sp³-hybridized carbons (Fsp3) is 0.0370. The van der Waals surface area contributed by atoms with Gasteiger partial charge >= 0.3 is 5.97 Å². The van der Waals surface area contributed by atoms with Crippen molar-refractivity contribution in [3.05, 3.63) is 102 Å². The predicted molar refractivity (Wildman–Crippen MR) is 128 cm³/mol. The maximum atomic E-state index is 11.3. The van der Waals surface area contributed by atoms with Crippen LogP contribution in [0.1, 0.15) is 15.9 Å². The molecule has 1 heterocycles. The minimum Gasteiger partial charge on any atom is -0.478 e. The van der Waals surface area contributed by atoms with Gasteiger partial charge in [0.05, 0.1) is 16.3 Å². The fourth-order valence-electron chi connectivity index (χ4n) is 4.27. The van der Waals surface area contributed by atoms with E-state index in [1.54, 1.807) is 12.1 Å². The first kappa shape index (κ1) is 19.6. The molecule has 0 saturated heterocycles. The van der Waals surface area contributed by atoms with Crippen molar-refractivity contribution in [1.29, 1.82) is 0 Å². The zero-order valence-electron chi connectivity index (χ0n) is 17.3. The number of aromatic carboxylic acids is 1. The summed E-state index contributed by atoms with van der Waals surface area (Å²) in [5.74, 6) is -0.936. The molecule has 0 spiro atoms. The SMILES string of the molecule is Nc1ccc2c(c1)c(-c1ccccc1)[n+](Cc1ccc(C(=O)O)cc1)c1cc(N)ccc21. The van der Waals surface area contributed by atoms with E-state index in [-0.39, 0.29) is 5.56 Å². The zero-order chi connectivity index (χ0) is 22.2. The van der Waals surface area contributed by atoms with Crippen molar-refractivity contribution in [2.24, 2.45) is 0 Å². The van der Waals surface area contributed by atoms with E-state index in [1.807, 2.05) is 60.7 Å². The largest absolute Gasteiger partial charge is 0.478 e. The van der Waals surface area contributed by atoms with Gasteiger partial charge in [-0.05, 0) is 48.5 Å². The summed E-state index contributed by atoms with van der Waals surface area (Å²) in [5.41, 5.74) is 18.1. The van der Waals surface area contributed by atoms with E-state index < -0.39 is 5.97 Å². The molecule has 0 atom stereocenters. The van der Waals surface area contributed by atoms with Crippen LogP contribution in [0.3, 0.4) is 0 Å². The number of hydrogen-bond acceptors (Lipinski definition) is 3. The lowest BCUT2D eigenvalue weighted by Gasteiger charge is -2.13. The number of carboxylic acids is 1. The Balaban J connectivity index is 1.86. The van der Waals surface area contributed by atoms with Crippen LogP contribution in [0.15, 0.2) is 91.0 Å². The third-order valence-corrected chi connectivity index (χ3v) is 5.76. The van der Waals surface area contributed by atoms with E-state index in [9.17, 15) is 9.90 Å². The number of carbonyl (C=O) groups is 1. The van der Waals surface area contributed by atoms with Gasteiger partial charge in [-0.15, -0.1) is 0 Å². The van der Waals surface area contributed by atoms with Crippen molar-refractivity contribution in [3.8, 4) is 11.3 Å². The third-order valence-electron chi connectivity index (χ3n) is 5.76. The number of carboxylic acid groups (broad SMARTS) is 1. The molecule has 0 bridgehead atoms. The van der Waals surface area contributed by atoms with Gasteiger partial charge in [-0.25, -0.2) is 4.79 Å². The van der Waals surface area contributed by atoms with E-state index in [0.717, 1.165) is 38.5 Å². The molecule has 5 rings (SSSR count). The first-order valence-corrected chi connectivity index (χ1v) is 10.3. The Bertz CT molecular complexity index is 1480. The van der Waals surface area contributed by atoms with E-state index in [1.165, 1.54) is 0 Å². The van der Waals surface area contributed by atoms with Crippen LogP contribution in [0.5, 0.6) is 0 Å². The highest BCUT2D eigenvalue weighted by Crippen LogP contribution is 2.33. The molecule has 0 amide bonds. The molecule has 1 aromatic heterocycles. The Hall–Kier alpha value is -4.38. The molecule has 0 unspecified atom stereocenters. The molecular weight excluding hydrogens is 398 g/mol. The molecule has 5 aromatic rings. The summed E-state index contributed by atoms with van der Waals surface area (Å²) in [4.78, 5) is 11.3. The van der Waals surface area contributed by atoms with Crippen molar-refractivity contribution < 1.29 is 14.5 Å². The van der Waals surface area contributed by atoms with Crippen molar-refractivity contribution in [2.75, 3.05) is 11.5 Å². The molecule has 0 fully saturated rings. The number of anilines is 2. The van der Waals surface area contributed by atoms with Gasteiger partial charge in [-0.1, -0.05) is 36.4 Å². The number of pyridine rings is 1. The molecule has 0 aliphatic rings. The Morgan fingerprint density at radius 1 is 0.750 bits per heavy atom. The molecule has 0 saturated carbocycles. The van der Waals surface area contributed by atoms with Gasteiger partial charge < -0.3 is 16.6 Å². The lowest BCUT2D eigenvalue weighted by Crippen LogP contribution is -2.38. The molecule has 5 N–H and O–H groups in total. The van der Waals surface area contributed by atoms with Gasteiger partial charge in [-0.2, -0.15) is 4.57 Å². The van der Waals surface area contributed by atoms with Gasteiger partial charge in [0.25, 0.3) is 0 Å². The lowest BCUT2D eigenvalue weighted by atomic mass is 9.97. The van der Waals surface area contributed by atoms with E-state index in [2.05, 4.69) is 22.8 Å². The summed E-state index contributed by atoms with van der Waals surface area (Å²) in [5, 5.41) is 12.5. The number of rotatable bonds is 4. The van der Waals surface area contributed by atoms with E-state index >= 15 is 0 Å².